The second kappa shape index (κ2) is 8.99. The van der Waals surface area contributed by atoms with E-state index in [0.717, 1.165) is 6.07 Å². The van der Waals surface area contributed by atoms with Crippen molar-refractivity contribution >= 4 is 23.2 Å². The predicted octanol–water partition coefficient (Wildman–Crippen LogP) is 4.21. The topological polar surface area (TPSA) is 84.7 Å². The average molecular weight is 482 g/mol. The Balaban J connectivity index is 1.48. The highest BCUT2D eigenvalue weighted by Crippen LogP contribution is 2.36. The van der Waals surface area contributed by atoms with E-state index in [1.54, 1.807) is 25.1 Å². The molecule has 1 N–H and O–H groups in total. The van der Waals surface area contributed by atoms with E-state index in [1.807, 2.05) is 11.0 Å². The number of aromatic nitrogens is 4. The molecule has 0 spiro atoms. The summed E-state index contributed by atoms with van der Waals surface area (Å²) in [6, 6.07) is 13.4. The molecule has 0 bridgehead atoms. The van der Waals surface area contributed by atoms with Crippen molar-refractivity contribution in [3.63, 3.8) is 0 Å². The molecule has 11 heteroatoms. The third-order valence-corrected chi connectivity index (χ3v) is 5.69. The summed E-state index contributed by atoms with van der Waals surface area (Å²) in [6.07, 6.45) is -4.54. The molecule has 4 heterocycles. The van der Waals surface area contributed by atoms with Gasteiger partial charge in [-0.25, -0.2) is 9.97 Å². The van der Waals surface area contributed by atoms with Crippen molar-refractivity contribution in [1.82, 2.24) is 19.6 Å². The Hall–Kier alpha value is -3.99. The van der Waals surface area contributed by atoms with Crippen LogP contribution in [0.15, 0.2) is 54.6 Å². The molecule has 1 aliphatic heterocycles. The van der Waals surface area contributed by atoms with Gasteiger partial charge in [-0.05, 0) is 37.3 Å². The number of benzene rings is 1. The number of nitrogens with zero attached hydrogens (tertiary/aromatic N) is 5. The largest absolute Gasteiger partial charge is 0.417 e. The number of hydrogen-bond acceptors (Lipinski definition) is 6. The average Bonchev–Trinajstić information content (AvgIpc) is 3.18. The third kappa shape index (κ3) is 4.54. The summed E-state index contributed by atoms with van der Waals surface area (Å²) in [7, 11) is 0. The Morgan fingerprint density at radius 2 is 1.77 bits per heavy atom. The summed E-state index contributed by atoms with van der Waals surface area (Å²) in [5, 5.41) is 7.15. The van der Waals surface area contributed by atoms with Crippen molar-refractivity contribution in [2.24, 2.45) is 0 Å². The molecule has 1 aromatic carbocycles. The fourth-order valence-corrected chi connectivity index (χ4v) is 3.97. The molecule has 0 atom stereocenters. The number of fused-ring (bicyclic) bond motifs is 1. The summed E-state index contributed by atoms with van der Waals surface area (Å²) in [5.74, 6) is 0.447. The third-order valence-electron chi connectivity index (χ3n) is 5.69. The first-order valence-corrected chi connectivity index (χ1v) is 11.0. The van der Waals surface area contributed by atoms with Crippen molar-refractivity contribution < 1.29 is 22.7 Å². The molecule has 1 saturated heterocycles. The van der Waals surface area contributed by atoms with Crippen LogP contribution in [0.5, 0.6) is 0 Å². The number of alkyl halides is 3. The Morgan fingerprint density at radius 1 is 1.00 bits per heavy atom. The van der Waals surface area contributed by atoms with Crippen LogP contribution in [0.1, 0.15) is 21.7 Å². The lowest BCUT2D eigenvalue weighted by Gasteiger charge is -2.27. The van der Waals surface area contributed by atoms with Gasteiger partial charge in [0.25, 0.3) is 5.91 Å². The number of morpholine rings is 1. The highest BCUT2D eigenvalue weighted by atomic mass is 19.4. The number of pyridine rings is 1. The fraction of sp³-hybridized carbons (Fsp3) is 0.250. The van der Waals surface area contributed by atoms with Crippen LogP contribution in [0.3, 0.4) is 0 Å². The van der Waals surface area contributed by atoms with E-state index in [9.17, 15) is 18.0 Å². The van der Waals surface area contributed by atoms with Gasteiger partial charge in [-0.15, -0.1) is 0 Å². The first-order valence-electron chi connectivity index (χ1n) is 11.0. The van der Waals surface area contributed by atoms with E-state index in [1.165, 1.54) is 28.8 Å². The SMILES string of the molecule is Cc1nc2ccc(-c3ccccc3C(F)(F)F)nn2c1NC(=O)c1cccc(N2CCOCC2)n1. The number of amides is 1. The number of aryl methyl sites for hydroxylation is 1. The van der Waals surface area contributed by atoms with Gasteiger partial charge in [0.2, 0.25) is 0 Å². The van der Waals surface area contributed by atoms with Crippen LogP contribution in [-0.2, 0) is 10.9 Å². The quantitative estimate of drug-likeness (QED) is 0.469. The van der Waals surface area contributed by atoms with Gasteiger partial charge in [-0.3, -0.25) is 4.79 Å². The molecule has 1 fully saturated rings. The molecular formula is C24H21F3N6O2. The summed E-state index contributed by atoms with van der Waals surface area (Å²) < 4.78 is 47.3. The molecular weight excluding hydrogens is 461 g/mol. The molecule has 3 aromatic heterocycles. The van der Waals surface area contributed by atoms with E-state index < -0.39 is 17.6 Å². The van der Waals surface area contributed by atoms with Crippen LogP contribution in [0, 0.1) is 6.92 Å². The predicted molar refractivity (Wildman–Crippen MR) is 123 cm³/mol. The maximum atomic E-state index is 13.5. The van der Waals surface area contributed by atoms with Crippen molar-refractivity contribution in [1.29, 1.82) is 0 Å². The van der Waals surface area contributed by atoms with Crippen LogP contribution >= 0.6 is 0 Å². The van der Waals surface area contributed by atoms with Gasteiger partial charge in [-0.1, -0.05) is 24.3 Å². The molecule has 0 saturated carbocycles. The van der Waals surface area contributed by atoms with Gasteiger partial charge in [0.1, 0.15) is 11.5 Å². The molecule has 0 radical (unpaired) electrons. The molecule has 35 heavy (non-hydrogen) atoms. The zero-order valence-electron chi connectivity index (χ0n) is 18.7. The minimum atomic E-state index is -4.54. The van der Waals surface area contributed by atoms with Gasteiger partial charge < -0.3 is 15.0 Å². The number of rotatable bonds is 4. The van der Waals surface area contributed by atoms with Crippen molar-refractivity contribution in [3.05, 3.63) is 71.5 Å². The summed E-state index contributed by atoms with van der Waals surface area (Å²) in [5.41, 5.74) is 0.300. The lowest BCUT2D eigenvalue weighted by Crippen LogP contribution is -2.37. The Bertz CT molecular complexity index is 1400. The Kier molecular flexibility index (Phi) is 5.85. The highest BCUT2D eigenvalue weighted by molar-refractivity contribution is 6.03. The van der Waals surface area contributed by atoms with Gasteiger partial charge >= 0.3 is 6.18 Å². The molecule has 1 aliphatic rings. The molecule has 0 aliphatic carbocycles. The van der Waals surface area contributed by atoms with E-state index in [2.05, 4.69) is 20.4 Å². The maximum Gasteiger partial charge on any atom is 0.417 e. The zero-order valence-corrected chi connectivity index (χ0v) is 18.7. The molecule has 0 unspecified atom stereocenters. The number of halogens is 3. The van der Waals surface area contributed by atoms with Gasteiger partial charge in [0.05, 0.1) is 30.2 Å². The molecule has 1 amide bonds. The Morgan fingerprint density at radius 3 is 2.54 bits per heavy atom. The van der Waals surface area contributed by atoms with Gasteiger partial charge in [-0.2, -0.15) is 22.8 Å². The second-order valence-corrected chi connectivity index (χ2v) is 8.01. The van der Waals surface area contributed by atoms with E-state index >= 15 is 0 Å². The van der Waals surface area contributed by atoms with Gasteiger partial charge in [0, 0.05) is 18.7 Å². The second-order valence-electron chi connectivity index (χ2n) is 8.01. The van der Waals surface area contributed by atoms with E-state index in [0.29, 0.717) is 43.5 Å². The Labute approximate surface area is 198 Å². The summed E-state index contributed by atoms with van der Waals surface area (Å²) in [6.45, 7) is 4.22. The smallest absolute Gasteiger partial charge is 0.378 e. The first-order chi connectivity index (χ1) is 16.8. The van der Waals surface area contributed by atoms with Crippen LogP contribution in [0.2, 0.25) is 0 Å². The number of imidazole rings is 1. The normalized spacial score (nSPS) is 14.3. The van der Waals surface area contributed by atoms with Crippen molar-refractivity contribution in [2.45, 2.75) is 13.1 Å². The molecule has 4 aromatic rings. The van der Waals surface area contributed by atoms with Gasteiger partial charge in [0.15, 0.2) is 11.5 Å². The van der Waals surface area contributed by atoms with Crippen molar-refractivity contribution in [2.75, 3.05) is 36.5 Å². The number of carbonyl (C=O) groups excluding carboxylic acids is 1. The van der Waals surface area contributed by atoms with Crippen LogP contribution in [0.4, 0.5) is 24.8 Å². The number of anilines is 2. The van der Waals surface area contributed by atoms with E-state index in [4.69, 9.17) is 4.74 Å². The number of hydrogen-bond donors (Lipinski definition) is 1. The molecule has 8 nitrogen and oxygen atoms in total. The molecule has 180 valence electrons. The summed E-state index contributed by atoms with van der Waals surface area (Å²) >= 11 is 0. The monoisotopic (exact) mass is 482 g/mol. The standard InChI is InChI=1S/C24H21F3N6O2/c1-15-22(30-23(34)19-7-4-8-20(29-19)32-11-13-35-14-12-32)33-21(28-15)10-9-18(31-33)16-5-2-3-6-17(16)24(25,26)27/h2-10H,11-14H2,1H3,(H,30,34). The summed E-state index contributed by atoms with van der Waals surface area (Å²) in [4.78, 5) is 23.9. The lowest BCUT2D eigenvalue weighted by molar-refractivity contribution is -0.137. The van der Waals surface area contributed by atoms with Crippen LogP contribution in [-0.4, -0.2) is 51.8 Å². The van der Waals surface area contributed by atoms with E-state index in [-0.39, 0.29) is 22.8 Å². The minimum Gasteiger partial charge on any atom is -0.378 e. The van der Waals surface area contributed by atoms with Crippen molar-refractivity contribution in [3.8, 4) is 11.3 Å². The maximum absolute atomic E-state index is 13.5. The number of carbonyl (C=O) groups is 1. The molecule has 5 rings (SSSR count). The number of nitrogens with one attached hydrogen (secondary N) is 1. The van der Waals surface area contributed by atoms with Crippen LogP contribution in [0.25, 0.3) is 16.9 Å². The zero-order chi connectivity index (χ0) is 24.6. The van der Waals surface area contributed by atoms with Crippen LogP contribution < -0.4 is 10.2 Å². The number of ether oxygens (including phenoxy) is 1. The fourth-order valence-electron chi connectivity index (χ4n) is 3.97. The minimum absolute atomic E-state index is 0.0644. The lowest BCUT2D eigenvalue weighted by atomic mass is 10.0. The highest BCUT2D eigenvalue weighted by Gasteiger charge is 2.33. The first kappa shape index (κ1) is 22.8.